The van der Waals surface area contributed by atoms with E-state index in [0.717, 1.165) is 32.9 Å². The lowest BCUT2D eigenvalue weighted by Gasteiger charge is -2.08. The molecule has 0 aliphatic carbocycles. The topological polar surface area (TPSA) is 47.0 Å². The summed E-state index contributed by atoms with van der Waals surface area (Å²) in [5.74, 6) is 1.62. The van der Waals surface area contributed by atoms with Gasteiger partial charge in [-0.2, -0.15) is 0 Å². The molecule has 22 heavy (non-hydrogen) atoms. The summed E-state index contributed by atoms with van der Waals surface area (Å²) in [6, 6.07) is 8.09. The molecule has 1 N–H and O–H groups in total. The zero-order valence-corrected chi connectivity index (χ0v) is 14.2. The van der Waals surface area contributed by atoms with E-state index in [0.29, 0.717) is 6.61 Å². The van der Waals surface area contributed by atoms with Crippen LogP contribution < -0.4 is 10.1 Å². The van der Waals surface area contributed by atoms with Crippen LogP contribution in [0.5, 0.6) is 5.75 Å². The van der Waals surface area contributed by atoms with Crippen LogP contribution in [0.3, 0.4) is 0 Å². The first kappa shape index (κ1) is 15.1. The average molecular weight is 334 g/mol. The van der Waals surface area contributed by atoms with E-state index in [4.69, 9.17) is 16.3 Å². The predicted molar refractivity (Wildman–Crippen MR) is 93.3 cm³/mol. The van der Waals surface area contributed by atoms with E-state index in [1.54, 1.807) is 11.3 Å². The van der Waals surface area contributed by atoms with Crippen LogP contribution in [0, 0.1) is 6.92 Å². The molecule has 0 amide bonds. The summed E-state index contributed by atoms with van der Waals surface area (Å²) in [6.07, 6.45) is 0. The Balaban J connectivity index is 2.19. The quantitative estimate of drug-likeness (QED) is 0.699. The Morgan fingerprint density at radius 1 is 1.23 bits per heavy atom. The molecule has 3 rings (SSSR count). The van der Waals surface area contributed by atoms with E-state index in [2.05, 4.69) is 34.3 Å². The van der Waals surface area contributed by atoms with Crippen molar-refractivity contribution in [2.75, 3.05) is 19.0 Å². The molecule has 0 spiro atoms. The van der Waals surface area contributed by atoms with E-state index >= 15 is 0 Å². The number of aromatic nitrogens is 2. The number of hydrogen-bond donors (Lipinski definition) is 1. The Bertz CT molecular complexity index is 814. The lowest BCUT2D eigenvalue weighted by atomic mass is 10.0. The van der Waals surface area contributed by atoms with E-state index in [1.807, 2.05) is 26.1 Å². The second kappa shape index (κ2) is 6.10. The Hall–Kier alpha value is -1.85. The first-order chi connectivity index (χ1) is 10.6. The fourth-order valence-electron chi connectivity index (χ4n) is 2.50. The molecule has 114 valence electrons. The molecule has 2 aromatic heterocycles. The van der Waals surface area contributed by atoms with Gasteiger partial charge >= 0.3 is 0 Å². The predicted octanol–water partition coefficient (Wildman–Crippen LogP) is 4.76. The van der Waals surface area contributed by atoms with Gasteiger partial charge < -0.3 is 10.1 Å². The van der Waals surface area contributed by atoms with Gasteiger partial charge in [-0.3, -0.25) is 0 Å². The van der Waals surface area contributed by atoms with Gasteiger partial charge in [0.2, 0.25) is 5.28 Å². The van der Waals surface area contributed by atoms with Crippen LogP contribution in [-0.2, 0) is 0 Å². The first-order valence-corrected chi connectivity index (χ1v) is 8.21. The fourth-order valence-corrected chi connectivity index (χ4v) is 3.76. The van der Waals surface area contributed by atoms with E-state index in [9.17, 15) is 0 Å². The van der Waals surface area contributed by atoms with Crippen molar-refractivity contribution in [2.24, 2.45) is 0 Å². The van der Waals surface area contributed by atoms with Crippen LogP contribution >= 0.6 is 22.9 Å². The lowest BCUT2D eigenvalue weighted by molar-refractivity contribution is 0.340. The molecule has 0 unspecified atom stereocenters. The van der Waals surface area contributed by atoms with Crippen molar-refractivity contribution in [3.05, 3.63) is 34.4 Å². The van der Waals surface area contributed by atoms with Gasteiger partial charge in [0.15, 0.2) is 0 Å². The Morgan fingerprint density at radius 2 is 1.95 bits per heavy atom. The van der Waals surface area contributed by atoms with Crippen molar-refractivity contribution >= 4 is 39.0 Å². The molecule has 0 aliphatic rings. The van der Waals surface area contributed by atoms with Crippen molar-refractivity contribution in [2.45, 2.75) is 13.8 Å². The molecule has 0 fully saturated rings. The minimum atomic E-state index is 0.261. The molecular weight excluding hydrogens is 318 g/mol. The van der Waals surface area contributed by atoms with Gasteiger partial charge in [-0.25, -0.2) is 9.97 Å². The molecule has 0 aliphatic heterocycles. The zero-order valence-electron chi connectivity index (χ0n) is 12.6. The number of thiophene rings is 1. The van der Waals surface area contributed by atoms with Gasteiger partial charge in [0, 0.05) is 17.5 Å². The number of benzene rings is 1. The van der Waals surface area contributed by atoms with Crippen LogP contribution in [-0.4, -0.2) is 23.6 Å². The Morgan fingerprint density at radius 3 is 2.59 bits per heavy atom. The number of nitrogens with one attached hydrogen (secondary N) is 1. The standard InChI is InChI=1S/C16H16ClN3OS/c1-4-21-11-7-5-10(6-8-11)12-9(2)22-15-13(12)14(18-3)19-16(17)20-15/h5-8H,4H2,1-3H3,(H,18,19,20). The summed E-state index contributed by atoms with van der Waals surface area (Å²) in [4.78, 5) is 10.7. The summed E-state index contributed by atoms with van der Waals surface area (Å²) < 4.78 is 5.50. The van der Waals surface area contributed by atoms with Crippen molar-refractivity contribution < 1.29 is 4.74 Å². The van der Waals surface area contributed by atoms with Gasteiger partial charge in [0.25, 0.3) is 0 Å². The number of rotatable bonds is 4. The number of fused-ring (bicyclic) bond motifs is 1. The molecule has 6 heteroatoms. The smallest absolute Gasteiger partial charge is 0.225 e. The normalized spacial score (nSPS) is 10.9. The maximum Gasteiger partial charge on any atom is 0.225 e. The van der Waals surface area contributed by atoms with E-state index in [1.165, 1.54) is 4.88 Å². The van der Waals surface area contributed by atoms with Crippen molar-refractivity contribution in [3.63, 3.8) is 0 Å². The average Bonchev–Trinajstić information content (AvgIpc) is 2.83. The van der Waals surface area contributed by atoms with Crippen LogP contribution in [0.1, 0.15) is 11.8 Å². The minimum Gasteiger partial charge on any atom is -0.494 e. The number of hydrogen-bond acceptors (Lipinski definition) is 5. The molecular formula is C16H16ClN3OS. The van der Waals surface area contributed by atoms with Crippen molar-refractivity contribution in [1.29, 1.82) is 0 Å². The summed E-state index contributed by atoms with van der Waals surface area (Å²) in [6.45, 7) is 4.73. The molecule has 3 aromatic rings. The van der Waals surface area contributed by atoms with E-state index < -0.39 is 0 Å². The van der Waals surface area contributed by atoms with Crippen molar-refractivity contribution in [1.82, 2.24) is 9.97 Å². The monoisotopic (exact) mass is 333 g/mol. The lowest BCUT2D eigenvalue weighted by Crippen LogP contribution is -1.96. The summed E-state index contributed by atoms with van der Waals surface area (Å²) in [5, 5.41) is 4.39. The highest BCUT2D eigenvalue weighted by molar-refractivity contribution is 7.19. The van der Waals surface area contributed by atoms with Gasteiger partial charge in [-0.05, 0) is 43.1 Å². The maximum atomic E-state index is 5.99. The summed E-state index contributed by atoms with van der Waals surface area (Å²) in [5.41, 5.74) is 2.26. The molecule has 2 heterocycles. The summed E-state index contributed by atoms with van der Waals surface area (Å²) in [7, 11) is 1.84. The molecule has 0 bridgehead atoms. The largest absolute Gasteiger partial charge is 0.494 e. The number of halogens is 1. The number of nitrogens with zero attached hydrogens (tertiary/aromatic N) is 2. The van der Waals surface area contributed by atoms with E-state index in [-0.39, 0.29) is 5.28 Å². The third-order valence-corrected chi connectivity index (χ3v) is 4.56. The SMILES string of the molecule is CCOc1ccc(-c2c(C)sc3nc(Cl)nc(NC)c23)cc1. The third kappa shape index (κ3) is 2.62. The minimum absolute atomic E-state index is 0.261. The second-order valence-corrected chi connectivity index (χ2v) is 6.30. The number of aryl methyl sites for hydroxylation is 1. The molecule has 0 radical (unpaired) electrons. The van der Waals surface area contributed by atoms with Gasteiger partial charge in [0.05, 0.1) is 12.0 Å². The fraction of sp³-hybridized carbons (Fsp3) is 0.250. The highest BCUT2D eigenvalue weighted by atomic mass is 35.5. The van der Waals surface area contributed by atoms with Crippen LogP contribution in [0.15, 0.2) is 24.3 Å². The third-order valence-electron chi connectivity index (χ3n) is 3.39. The first-order valence-electron chi connectivity index (χ1n) is 7.01. The highest BCUT2D eigenvalue weighted by Gasteiger charge is 2.17. The van der Waals surface area contributed by atoms with Gasteiger partial charge in [-0.1, -0.05) is 12.1 Å². The number of ether oxygens (including phenoxy) is 1. The molecule has 1 aromatic carbocycles. The maximum absolute atomic E-state index is 5.99. The molecule has 4 nitrogen and oxygen atoms in total. The second-order valence-electron chi connectivity index (χ2n) is 4.76. The molecule has 0 atom stereocenters. The zero-order chi connectivity index (χ0) is 15.7. The molecule has 0 saturated carbocycles. The van der Waals surface area contributed by atoms with Crippen molar-refractivity contribution in [3.8, 4) is 16.9 Å². The molecule has 0 saturated heterocycles. The van der Waals surface area contributed by atoms with Gasteiger partial charge in [-0.15, -0.1) is 11.3 Å². The number of anilines is 1. The van der Waals surface area contributed by atoms with Crippen LogP contribution in [0.2, 0.25) is 5.28 Å². The van der Waals surface area contributed by atoms with Crippen LogP contribution in [0.25, 0.3) is 21.3 Å². The Kier molecular flexibility index (Phi) is 4.18. The highest BCUT2D eigenvalue weighted by Crippen LogP contribution is 2.41. The van der Waals surface area contributed by atoms with Gasteiger partial charge in [0.1, 0.15) is 16.4 Å². The Labute approximate surface area is 138 Å². The van der Waals surface area contributed by atoms with Crippen LogP contribution in [0.4, 0.5) is 5.82 Å². The summed E-state index contributed by atoms with van der Waals surface area (Å²) >= 11 is 7.62.